The number of fused-ring (bicyclic) bond motifs is 6. The Kier molecular flexibility index (Phi) is 2.25. The van der Waals surface area contributed by atoms with Crippen LogP contribution in [0.15, 0.2) is 57.4 Å². The number of phenolic OH excluding ortho intramolecular Hbond substituents is 1. The fourth-order valence-corrected chi connectivity index (χ4v) is 3.07. The van der Waals surface area contributed by atoms with Crippen LogP contribution < -0.4 is 4.89 Å². The highest BCUT2D eigenvalue weighted by Crippen LogP contribution is 2.38. The largest absolute Gasteiger partial charge is 0.508 e. The maximum Gasteiger partial charge on any atom is 0.166 e. The minimum absolute atomic E-state index is 0.189. The lowest BCUT2D eigenvalue weighted by Crippen LogP contribution is -1.81. The second kappa shape index (κ2) is 4.18. The van der Waals surface area contributed by atoms with Gasteiger partial charge >= 0.3 is 0 Å². The summed E-state index contributed by atoms with van der Waals surface area (Å²) in [5.74, 6) is 0.532. The van der Waals surface area contributed by atoms with Gasteiger partial charge in [0, 0.05) is 21.5 Å². The highest BCUT2D eigenvalue weighted by Gasteiger charge is 2.14. The van der Waals surface area contributed by atoms with Crippen LogP contribution in [0.5, 0.6) is 11.5 Å². The number of aromatic hydroxyl groups is 1. The van der Waals surface area contributed by atoms with Crippen LogP contribution in [-0.2, 0) is 0 Å². The van der Waals surface area contributed by atoms with E-state index in [2.05, 4.69) is 4.89 Å². The van der Waals surface area contributed by atoms with E-state index >= 15 is 0 Å². The third-order valence-electron chi connectivity index (χ3n) is 4.12. The zero-order chi connectivity index (χ0) is 15.6. The van der Waals surface area contributed by atoms with Gasteiger partial charge in [0.05, 0.1) is 0 Å². The van der Waals surface area contributed by atoms with E-state index < -0.39 is 0 Å². The number of phenols is 1. The molecule has 5 nitrogen and oxygen atoms in total. The van der Waals surface area contributed by atoms with Crippen molar-refractivity contribution in [3.63, 3.8) is 0 Å². The van der Waals surface area contributed by atoms with Gasteiger partial charge in [-0.3, -0.25) is 0 Å². The van der Waals surface area contributed by atoms with Crippen molar-refractivity contribution in [1.29, 1.82) is 0 Å². The molecule has 23 heavy (non-hydrogen) atoms. The summed E-state index contributed by atoms with van der Waals surface area (Å²) in [5.41, 5.74) is 2.81. The summed E-state index contributed by atoms with van der Waals surface area (Å²) >= 11 is 0. The molecule has 0 aliphatic carbocycles. The molecule has 5 heteroatoms. The zero-order valence-electron chi connectivity index (χ0n) is 11.7. The summed E-state index contributed by atoms with van der Waals surface area (Å²) in [7, 11) is 0. The normalized spacial score (nSPS) is 11.9. The van der Waals surface area contributed by atoms with E-state index in [1.807, 2.05) is 12.1 Å². The van der Waals surface area contributed by atoms with Crippen molar-refractivity contribution in [3.05, 3.63) is 48.5 Å². The molecule has 0 saturated heterocycles. The molecule has 0 unspecified atom stereocenters. The van der Waals surface area contributed by atoms with Crippen molar-refractivity contribution < 1.29 is 24.1 Å². The Morgan fingerprint density at radius 1 is 0.652 bits per heavy atom. The summed E-state index contributed by atoms with van der Waals surface area (Å²) in [6.45, 7) is 0. The first-order chi connectivity index (χ1) is 11.2. The van der Waals surface area contributed by atoms with Crippen LogP contribution in [0.4, 0.5) is 0 Å². The second-order valence-electron chi connectivity index (χ2n) is 5.48. The van der Waals surface area contributed by atoms with Gasteiger partial charge in [-0.15, -0.1) is 0 Å². The molecule has 5 rings (SSSR count). The van der Waals surface area contributed by atoms with Gasteiger partial charge in [0.25, 0.3) is 0 Å². The quantitative estimate of drug-likeness (QED) is 0.335. The fourth-order valence-electron chi connectivity index (χ4n) is 3.07. The minimum Gasteiger partial charge on any atom is -0.508 e. The lowest BCUT2D eigenvalue weighted by Gasteiger charge is -1.95. The van der Waals surface area contributed by atoms with E-state index in [1.165, 1.54) is 0 Å². The predicted octanol–water partition coefficient (Wildman–Crippen LogP) is 5.04. The van der Waals surface area contributed by atoms with Gasteiger partial charge in [0.2, 0.25) is 0 Å². The molecule has 3 aromatic carbocycles. The molecule has 2 aromatic heterocycles. The van der Waals surface area contributed by atoms with Crippen molar-refractivity contribution in [2.45, 2.75) is 0 Å². The molecule has 0 aliphatic heterocycles. The standard InChI is InChI=1S/C18H10O5/c19-9-1-3-15-11(5-9)13-7-18-14(8-17(13)21-15)12-6-10(23-20)2-4-16(12)22-18/h1-8,19-20H. The Morgan fingerprint density at radius 3 is 1.87 bits per heavy atom. The molecule has 5 aromatic rings. The average Bonchev–Trinajstić information content (AvgIpc) is 3.09. The van der Waals surface area contributed by atoms with Crippen LogP contribution in [0.2, 0.25) is 0 Å². The first-order valence-electron chi connectivity index (χ1n) is 7.06. The van der Waals surface area contributed by atoms with E-state index in [0.717, 1.165) is 21.5 Å². The van der Waals surface area contributed by atoms with Crippen LogP contribution in [0.25, 0.3) is 43.9 Å². The summed E-state index contributed by atoms with van der Waals surface area (Å²) < 4.78 is 11.7. The van der Waals surface area contributed by atoms with E-state index in [9.17, 15) is 5.11 Å². The molecule has 112 valence electrons. The van der Waals surface area contributed by atoms with Crippen LogP contribution in [0, 0.1) is 0 Å². The first kappa shape index (κ1) is 12.4. The summed E-state index contributed by atoms with van der Waals surface area (Å²) in [4.78, 5) is 4.30. The van der Waals surface area contributed by atoms with Gasteiger partial charge in [0.1, 0.15) is 28.1 Å². The van der Waals surface area contributed by atoms with Gasteiger partial charge in [-0.25, -0.2) is 5.26 Å². The molecular weight excluding hydrogens is 296 g/mol. The highest BCUT2D eigenvalue weighted by atomic mass is 17.1. The summed E-state index contributed by atoms with van der Waals surface area (Å²) in [5, 5.41) is 21.9. The molecule has 0 aliphatic rings. The van der Waals surface area contributed by atoms with E-state index in [1.54, 1.807) is 36.4 Å². The predicted molar refractivity (Wildman–Crippen MR) is 85.9 cm³/mol. The van der Waals surface area contributed by atoms with Gasteiger partial charge in [-0.2, -0.15) is 0 Å². The lowest BCUT2D eigenvalue weighted by molar-refractivity contribution is -0.137. The third-order valence-corrected chi connectivity index (χ3v) is 4.12. The number of rotatable bonds is 1. The molecule has 0 amide bonds. The SMILES string of the molecule is OOc1ccc2oc3cc4c(cc3c2c1)oc1ccc(O)cc14. The molecule has 2 N–H and O–H groups in total. The van der Waals surface area contributed by atoms with Crippen molar-refractivity contribution in [2.24, 2.45) is 0 Å². The smallest absolute Gasteiger partial charge is 0.166 e. The van der Waals surface area contributed by atoms with Gasteiger partial charge < -0.3 is 18.8 Å². The molecule has 2 heterocycles. The Labute approximate surface area is 128 Å². The van der Waals surface area contributed by atoms with Crippen molar-refractivity contribution in [1.82, 2.24) is 0 Å². The Bertz CT molecular complexity index is 1210. The Morgan fingerprint density at radius 2 is 1.22 bits per heavy atom. The third kappa shape index (κ3) is 1.65. The molecule has 0 radical (unpaired) electrons. The fraction of sp³-hybridized carbons (Fsp3) is 0. The van der Waals surface area contributed by atoms with Gasteiger partial charge in [-0.05, 0) is 48.5 Å². The zero-order valence-corrected chi connectivity index (χ0v) is 11.7. The highest BCUT2D eigenvalue weighted by molar-refractivity contribution is 6.15. The molecule has 0 fully saturated rings. The van der Waals surface area contributed by atoms with Crippen LogP contribution in [0.1, 0.15) is 0 Å². The van der Waals surface area contributed by atoms with Gasteiger partial charge in [0.15, 0.2) is 5.75 Å². The van der Waals surface area contributed by atoms with E-state index in [-0.39, 0.29) is 5.75 Å². The van der Waals surface area contributed by atoms with Crippen molar-refractivity contribution >= 4 is 43.9 Å². The molecule has 0 atom stereocenters. The lowest BCUT2D eigenvalue weighted by atomic mass is 10.1. The summed E-state index contributed by atoms with van der Waals surface area (Å²) in [6.07, 6.45) is 0. The van der Waals surface area contributed by atoms with Gasteiger partial charge in [-0.1, -0.05) is 0 Å². The topological polar surface area (TPSA) is 76.0 Å². The number of hydrogen-bond acceptors (Lipinski definition) is 5. The summed E-state index contributed by atoms with van der Waals surface area (Å²) in [6, 6.07) is 13.9. The number of hydrogen-bond donors (Lipinski definition) is 2. The average molecular weight is 306 g/mol. The van der Waals surface area contributed by atoms with E-state index in [0.29, 0.717) is 28.1 Å². The molecule has 0 spiro atoms. The maximum absolute atomic E-state index is 9.69. The van der Waals surface area contributed by atoms with E-state index in [4.69, 9.17) is 14.1 Å². The monoisotopic (exact) mass is 306 g/mol. The van der Waals surface area contributed by atoms with Crippen LogP contribution >= 0.6 is 0 Å². The first-order valence-corrected chi connectivity index (χ1v) is 7.06. The molecule has 0 bridgehead atoms. The number of benzene rings is 3. The minimum atomic E-state index is 0.189. The number of furan rings is 2. The Hall–Kier alpha value is -3.18. The maximum atomic E-state index is 9.69. The Balaban J connectivity index is 1.94. The molecular formula is C18H10O5. The van der Waals surface area contributed by atoms with Crippen LogP contribution in [-0.4, -0.2) is 10.4 Å². The van der Waals surface area contributed by atoms with Crippen LogP contribution in [0.3, 0.4) is 0 Å². The van der Waals surface area contributed by atoms with Crippen molar-refractivity contribution in [2.75, 3.05) is 0 Å². The van der Waals surface area contributed by atoms with Crippen molar-refractivity contribution in [3.8, 4) is 11.5 Å². The second-order valence-corrected chi connectivity index (χ2v) is 5.48. The molecule has 0 saturated carbocycles.